The first-order valence-electron chi connectivity index (χ1n) is 4.51. The fourth-order valence-electron chi connectivity index (χ4n) is 0.799. The quantitative estimate of drug-likeness (QED) is 0.268. The summed E-state index contributed by atoms with van der Waals surface area (Å²) in [4.78, 5) is 0. The molecule has 21 heavy (non-hydrogen) atoms. The maximum atomic E-state index is 5.06. The molecular weight excluding hydrogens is 790 g/mol. The zero-order valence-electron chi connectivity index (χ0n) is 13.1. The van der Waals surface area contributed by atoms with Crippen molar-refractivity contribution >= 4 is 0 Å². The van der Waals surface area contributed by atoms with Gasteiger partial charge in [-0.1, -0.05) is 30.7 Å². The van der Waals surface area contributed by atoms with Gasteiger partial charge in [0.05, 0.1) is 0 Å². The summed E-state index contributed by atoms with van der Waals surface area (Å²) >= 11 is 0. The van der Waals surface area contributed by atoms with Gasteiger partial charge in [-0.05, 0) is 20.3 Å². The predicted octanol–water partition coefficient (Wildman–Crippen LogP) is 4.65. The molecule has 0 aromatic carbocycles. The van der Waals surface area contributed by atoms with Gasteiger partial charge in [-0.15, -0.1) is 13.8 Å². The van der Waals surface area contributed by atoms with Gasteiger partial charge < -0.3 is 24.3 Å². The van der Waals surface area contributed by atoms with Crippen molar-refractivity contribution in [2.24, 2.45) is 0 Å². The van der Waals surface area contributed by atoms with E-state index < -0.39 is 0 Å². The molecule has 0 aromatic heterocycles. The monoisotopic (exact) mass is 813 g/mol. The maximum absolute atomic E-state index is 5.06. The van der Waals surface area contributed by atoms with Gasteiger partial charge in [-0.2, -0.15) is 0 Å². The molecule has 0 unspecified atom stereocenters. The van der Waals surface area contributed by atoms with Crippen LogP contribution in [0.1, 0.15) is 41.5 Å². The largest absolute Gasteiger partial charge is 0.394 e. The van der Waals surface area contributed by atoms with Crippen molar-refractivity contribution in [3.8, 4) is 0 Å². The number of hydrogen-bond acceptors (Lipinski definition) is 0. The zero-order valence-corrected chi connectivity index (χ0v) is 32.9. The Kier molecular flexibility index (Phi) is 111. The molecule has 7 radical (unpaired) electrons. The summed E-state index contributed by atoms with van der Waals surface area (Å²) in [7, 11) is 0. The molecular formula is C14H22Y7-2. The van der Waals surface area contributed by atoms with Crippen LogP contribution < -0.4 is 0 Å². The van der Waals surface area contributed by atoms with Crippen molar-refractivity contribution in [3.05, 3.63) is 47.6 Å². The number of rotatable bonds is 1. The van der Waals surface area contributed by atoms with Crippen LogP contribution in [-0.2, 0) is 229 Å². The van der Waals surface area contributed by atoms with E-state index in [1.54, 1.807) is 0 Å². The molecule has 0 fully saturated rings. The minimum Gasteiger partial charge on any atom is -0.394 e. The van der Waals surface area contributed by atoms with Gasteiger partial charge in [0, 0.05) is 229 Å². The van der Waals surface area contributed by atoms with E-state index in [9.17, 15) is 0 Å². The van der Waals surface area contributed by atoms with Gasteiger partial charge in [0.1, 0.15) is 0 Å². The molecule has 0 atom stereocenters. The second-order valence-corrected chi connectivity index (χ2v) is 3.17. The number of hydrogen-bond donors (Lipinski definition) is 0. The van der Waals surface area contributed by atoms with Gasteiger partial charge in [0.2, 0.25) is 0 Å². The molecule has 0 aliphatic heterocycles. The molecule has 0 N–H and O–H groups in total. The first-order chi connectivity index (χ1) is 6.11. The fourth-order valence-corrected chi connectivity index (χ4v) is 0.799. The van der Waals surface area contributed by atoms with E-state index in [1.165, 1.54) is 23.6 Å². The molecule has 101 valence electrons. The molecule has 1 rings (SSSR count). The minimum atomic E-state index is 0. The molecule has 1 aliphatic carbocycles. The van der Waals surface area contributed by atoms with Crippen molar-refractivity contribution in [1.29, 1.82) is 0 Å². The molecule has 0 aromatic rings. The third kappa shape index (κ3) is 38.0. The van der Waals surface area contributed by atoms with Crippen molar-refractivity contribution in [2.45, 2.75) is 41.5 Å². The molecule has 0 heterocycles. The average molecular weight is 813 g/mol. The Morgan fingerprint density at radius 1 is 1.05 bits per heavy atom. The summed E-state index contributed by atoms with van der Waals surface area (Å²) in [5, 5.41) is 0. The van der Waals surface area contributed by atoms with Gasteiger partial charge in [0.15, 0.2) is 0 Å². The maximum Gasteiger partial charge on any atom is 0 e. The van der Waals surface area contributed by atoms with Gasteiger partial charge in [-0.25, -0.2) is 0 Å². The Labute approximate surface area is 309 Å². The molecule has 0 spiro atoms. The molecule has 1 aliphatic rings. The van der Waals surface area contributed by atoms with E-state index in [1.807, 2.05) is 13.8 Å². The SMILES string of the molecule is C.CC1=C(C)CC=C1.[CH-]=CC(C)=[C-]C.[Y].[Y].[Y].[Y].[Y].[Y].[Y]. The molecule has 0 bridgehead atoms. The summed E-state index contributed by atoms with van der Waals surface area (Å²) in [6, 6.07) is 0. The summed E-state index contributed by atoms with van der Waals surface area (Å²) in [5.41, 5.74) is 3.95. The third-order valence-corrected chi connectivity index (χ3v) is 2.11. The topological polar surface area (TPSA) is 0 Å². The number of allylic oxidation sites excluding steroid dienone is 7. The molecule has 7 heteroatoms. The van der Waals surface area contributed by atoms with Crippen molar-refractivity contribution < 1.29 is 229 Å². The van der Waals surface area contributed by atoms with E-state index in [4.69, 9.17) is 6.58 Å². The second kappa shape index (κ2) is 41.1. The normalized spacial score (nSPS) is 9.62. The van der Waals surface area contributed by atoms with Gasteiger partial charge in [-0.3, -0.25) is 0 Å². The Hall–Kier alpha value is 6.69. The smallest absolute Gasteiger partial charge is 0 e. The van der Waals surface area contributed by atoms with E-state index in [0.29, 0.717) is 0 Å². The van der Waals surface area contributed by atoms with Crippen LogP contribution >= 0.6 is 0 Å². The van der Waals surface area contributed by atoms with Crippen molar-refractivity contribution in [2.75, 3.05) is 0 Å². The Morgan fingerprint density at radius 3 is 1.48 bits per heavy atom. The predicted molar refractivity (Wildman–Crippen MR) is 65.8 cm³/mol. The first-order valence-corrected chi connectivity index (χ1v) is 4.51. The van der Waals surface area contributed by atoms with E-state index in [0.717, 1.165) is 5.57 Å². The Bertz CT molecular complexity index is 268. The average Bonchev–Trinajstić information content (AvgIpc) is 2.51. The molecule has 0 saturated heterocycles. The summed E-state index contributed by atoms with van der Waals surface area (Å²) in [5.74, 6) is 0. The van der Waals surface area contributed by atoms with Crippen molar-refractivity contribution in [1.82, 2.24) is 0 Å². The van der Waals surface area contributed by atoms with Crippen LogP contribution in [0.5, 0.6) is 0 Å². The van der Waals surface area contributed by atoms with E-state index in [2.05, 4.69) is 32.1 Å². The van der Waals surface area contributed by atoms with Crippen LogP contribution in [0.15, 0.2) is 34.9 Å². The first kappa shape index (κ1) is 56.5. The summed E-state index contributed by atoms with van der Waals surface area (Å²) < 4.78 is 0. The van der Waals surface area contributed by atoms with Crippen LogP contribution in [0.3, 0.4) is 0 Å². The third-order valence-electron chi connectivity index (χ3n) is 2.11. The van der Waals surface area contributed by atoms with Crippen LogP contribution in [0.25, 0.3) is 0 Å². The van der Waals surface area contributed by atoms with Gasteiger partial charge >= 0.3 is 0 Å². The fraction of sp³-hybridized carbons (Fsp3) is 0.429. The minimum absolute atomic E-state index is 0. The molecule has 0 nitrogen and oxygen atoms in total. The van der Waals surface area contributed by atoms with Crippen LogP contribution in [-0.4, -0.2) is 0 Å². The zero-order chi connectivity index (χ0) is 10.3. The van der Waals surface area contributed by atoms with Crippen LogP contribution in [0.2, 0.25) is 0 Å². The Balaban J connectivity index is -0.0000000143. The van der Waals surface area contributed by atoms with E-state index in [-0.39, 0.29) is 236 Å². The molecule has 0 saturated carbocycles. The van der Waals surface area contributed by atoms with Gasteiger partial charge in [0.25, 0.3) is 0 Å². The summed E-state index contributed by atoms with van der Waals surface area (Å²) in [6.07, 6.45) is 9.93. The van der Waals surface area contributed by atoms with Crippen LogP contribution in [0.4, 0.5) is 0 Å². The van der Waals surface area contributed by atoms with E-state index >= 15 is 0 Å². The standard InChI is InChI=1S/C7H10.C6H8.CH4.7Y/c1-6-4-3-5-7(6)2;1-4-6(3)5-2;;;;;;;;/h3-4H,5H2,1-2H3;1,4H,2-3H3;1H4;;;;;;;/q;-2;;;;;;;;. The molecule has 0 amide bonds. The Morgan fingerprint density at radius 2 is 1.43 bits per heavy atom. The second-order valence-electron chi connectivity index (χ2n) is 3.17. The van der Waals surface area contributed by atoms with Crippen molar-refractivity contribution in [3.63, 3.8) is 0 Å². The summed E-state index contributed by atoms with van der Waals surface area (Å²) in [6.45, 7) is 13.1. The van der Waals surface area contributed by atoms with Crippen LogP contribution in [0, 0.1) is 12.7 Å².